The number of hydrogen-bond acceptors (Lipinski definition) is 6. The summed E-state index contributed by atoms with van der Waals surface area (Å²) in [5.41, 5.74) is 10.3. The normalized spacial score (nSPS) is 10.7. The third-order valence-corrected chi connectivity index (χ3v) is 6.02. The number of methoxy groups -OCH3 is 1. The summed E-state index contributed by atoms with van der Waals surface area (Å²) in [5.74, 6) is 0.0724. The van der Waals surface area contributed by atoms with E-state index in [9.17, 15) is 9.59 Å². The molecule has 0 fully saturated rings. The molecule has 8 nitrogen and oxygen atoms in total. The first-order chi connectivity index (χ1) is 16.4. The van der Waals surface area contributed by atoms with Crippen molar-refractivity contribution in [3.8, 4) is 28.4 Å². The van der Waals surface area contributed by atoms with Crippen molar-refractivity contribution in [2.24, 2.45) is 5.73 Å². The number of aryl methyl sites for hydroxylation is 1. The highest BCUT2D eigenvalue weighted by Gasteiger charge is 2.18. The van der Waals surface area contributed by atoms with Gasteiger partial charge in [-0.3, -0.25) is 14.9 Å². The van der Waals surface area contributed by atoms with E-state index in [1.807, 2.05) is 43.5 Å². The molecule has 3 N–H and O–H groups in total. The molecule has 0 bridgehead atoms. The molecule has 2 aromatic carbocycles. The standard InChI is InChI=1S/C25H24N4O4S/c1-15-12-20(16(2)29(15)17-8-10-18(32-3)11-9-17)21-14-34-25(27-21)28-24(31)19-6-4-5-7-22(19)33-13-23(26)30/h4-12,14H,13H2,1-3H3,(H2,26,30)(H,27,28,31). The van der Waals surface area contributed by atoms with Gasteiger partial charge in [0.1, 0.15) is 11.5 Å². The number of nitrogens with one attached hydrogen (secondary N) is 1. The average molecular weight is 477 g/mol. The smallest absolute Gasteiger partial charge is 0.261 e. The van der Waals surface area contributed by atoms with Gasteiger partial charge in [-0.2, -0.15) is 0 Å². The average Bonchev–Trinajstić information content (AvgIpc) is 3.41. The quantitative estimate of drug-likeness (QED) is 0.393. The number of amides is 2. The molecular formula is C25H24N4O4S. The van der Waals surface area contributed by atoms with Crippen LogP contribution in [0.1, 0.15) is 21.7 Å². The van der Waals surface area contributed by atoms with Gasteiger partial charge >= 0.3 is 0 Å². The Kier molecular flexibility index (Phi) is 6.65. The topological polar surface area (TPSA) is 108 Å². The van der Waals surface area contributed by atoms with Crippen LogP contribution in [0.15, 0.2) is 60.0 Å². The summed E-state index contributed by atoms with van der Waals surface area (Å²) in [7, 11) is 1.64. The van der Waals surface area contributed by atoms with Gasteiger partial charge < -0.3 is 19.8 Å². The Morgan fingerprint density at radius 2 is 1.85 bits per heavy atom. The van der Waals surface area contributed by atoms with Crippen molar-refractivity contribution < 1.29 is 19.1 Å². The lowest BCUT2D eigenvalue weighted by molar-refractivity contribution is -0.119. The van der Waals surface area contributed by atoms with Crippen molar-refractivity contribution in [3.05, 3.63) is 76.9 Å². The van der Waals surface area contributed by atoms with Crippen LogP contribution in [0.2, 0.25) is 0 Å². The third-order valence-electron chi connectivity index (χ3n) is 5.26. The maximum absolute atomic E-state index is 12.8. The van der Waals surface area contributed by atoms with Gasteiger partial charge in [-0.15, -0.1) is 11.3 Å². The zero-order chi connectivity index (χ0) is 24.2. The molecule has 0 spiro atoms. The van der Waals surface area contributed by atoms with Crippen molar-refractivity contribution in [2.45, 2.75) is 13.8 Å². The molecule has 0 saturated heterocycles. The number of nitrogens with two attached hydrogens (primary N) is 1. The summed E-state index contributed by atoms with van der Waals surface area (Å²) in [6, 6.07) is 16.6. The Labute approximate surface area is 201 Å². The van der Waals surface area contributed by atoms with Crippen LogP contribution in [-0.2, 0) is 4.79 Å². The van der Waals surface area contributed by atoms with Crippen molar-refractivity contribution in [1.29, 1.82) is 0 Å². The SMILES string of the molecule is COc1ccc(-n2c(C)cc(-c3csc(NC(=O)c4ccccc4OCC(N)=O)n3)c2C)cc1. The minimum atomic E-state index is -0.619. The maximum Gasteiger partial charge on any atom is 0.261 e. The molecular weight excluding hydrogens is 452 g/mol. The van der Waals surface area contributed by atoms with Crippen molar-refractivity contribution in [1.82, 2.24) is 9.55 Å². The van der Waals surface area contributed by atoms with E-state index < -0.39 is 5.91 Å². The molecule has 174 valence electrons. The zero-order valence-corrected chi connectivity index (χ0v) is 19.8. The van der Waals surface area contributed by atoms with E-state index in [0.717, 1.165) is 34.1 Å². The second-order valence-corrected chi connectivity index (χ2v) is 8.42. The van der Waals surface area contributed by atoms with Crippen LogP contribution in [0.25, 0.3) is 16.9 Å². The number of hydrogen-bond donors (Lipinski definition) is 2. The lowest BCUT2D eigenvalue weighted by atomic mass is 10.2. The van der Waals surface area contributed by atoms with Crippen LogP contribution in [0.5, 0.6) is 11.5 Å². The van der Waals surface area contributed by atoms with Gasteiger partial charge in [-0.1, -0.05) is 12.1 Å². The number of rotatable bonds is 8. The summed E-state index contributed by atoms with van der Waals surface area (Å²) in [6.07, 6.45) is 0. The van der Waals surface area contributed by atoms with E-state index in [1.165, 1.54) is 11.3 Å². The summed E-state index contributed by atoms with van der Waals surface area (Å²) in [6.45, 7) is 3.77. The Morgan fingerprint density at radius 3 is 2.56 bits per heavy atom. The van der Waals surface area contributed by atoms with Crippen LogP contribution in [-0.4, -0.2) is 35.1 Å². The lowest BCUT2D eigenvalue weighted by Crippen LogP contribution is -2.21. The number of nitrogens with zero attached hydrogens (tertiary/aromatic N) is 2. The summed E-state index contributed by atoms with van der Waals surface area (Å²) >= 11 is 1.33. The molecule has 4 rings (SSSR count). The lowest BCUT2D eigenvalue weighted by Gasteiger charge is -2.10. The van der Waals surface area contributed by atoms with Gasteiger partial charge in [0.25, 0.3) is 11.8 Å². The Balaban J connectivity index is 1.55. The fourth-order valence-corrected chi connectivity index (χ4v) is 4.40. The molecule has 2 heterocycles. The van der Waals surface area contributed by atoms with Gasteiger partial charge in [0, 0.05) is 28.0 Å². The van der Waals surface area contributed by atoms with E-state index >= 15 is 0 Å². The predicted octanol–water partition coefficient (Wildman–Crippen LogP) is 4.34. The van der Waals surface area contributed by atoms with Crippen LogP contribution < -0.4 is 20.5 Å². The van der Waals surface area contributed by atoms with Crippen molar-refractivity contribution in [2.75, 3.05) is 19.0 Å². The number of aromatic nitrogens is 2. The number of ether oxygens (including phenoxy) is 2. The van der Waals surface area contributed by atoms with E-state index in [0.29, 0.717) is 5.13 Å². The van der Waals surface area contributed by atoms with E-state index in [-0.39, 0.29) is 23.8 Å². The maximum atomic E-state index is 12.8. The number of carbonyl (C=O) groups excluding carboxylic acids is 2. The number of anilines is 1. The van der Waals surface area contributed by atoms with Gasteiger partial charge in [-0.05, 0) is 56.3 Å². The predicted molar refractivity (Wildman–Crippen MR) is 132 cm³/mol. The second-order valence-electron chi connectivity index (χ2n) is 7.56. The molecule has 0 radical (unpaired) electrons. The zero-order valence-electron chi connectivity index (χ0n) is 19.0. The molecule has 0 atom stereocenters. The number of carbonyl (C=O) groups is 2. The fourth-order valence-electron chi connectivity index (χ4n) is 3.70. The number of thiazole rings is 1. The van der Waals surface area contributed by atoms with E-state index in [1.54, 1.807) is 31.4 Å². The fraction of sp³-hybridized carbons (Fsp3) is 0.160. The third kappa shape index (κ3) is 4.79. The number of primary amides is 1. The summed E-state index contributed by atoms with van der Waals surface area (Å²) in [5, 5.41) is 5.18. The molecule has 0 aliphatic rings. The molecule has 0 unspecified atom stereocenters. The Hall–Kier alpha value is -4.11. The van der Waals surface area contributed by atoms with Gasteiger partial charge in [0.15, 0.2) is 11.7 Å². The number of para-hydroxylation sites is 1. The first kappa shape index (κ1) is 23.1. The van der Waals surface area contributed by atoms with Crippen molar-refractivity contribution in [3.63, 3.8) is 0 Å². The molecule has 2 amide bonds. The monoisotopic (exact) mass is 476 g/mol. The molecule has 34 heavy (non-hydrogen) atoms. The Bertz CT molecular complexity index is 1340. The highest BCUT2D eigenvalue weighted by Crippen LogP contribution is 2.32. The molecule has 9 heteroatoms. The van der Waals surface area contributed by atoms with Crippen molar-refractivity contribution >= 4 is 28.3 Å². The first-order valence-electron chi connectivity index (χ1n) is 10.5. The highest BCUT2D eigenvalue weighted by molar-refractivity contribution is 7.14. The minimum Gasteiger partial charge on any atom is -0.497 e. The molecule has 0 saturated carbocycles. The van der Waals surface area contributed by atoms with E-state index in [4.69, 9.17) is 15.2 Å². The molecule has 0 aliphatic carbocycles. The van der Waals surface area contributed by atoms with Gasteiger partial charge in [0.2, 0.25) is 0 Å². The number of benzene rings is 2. The summed E-state index contributed by atoms with van der Waals surface area (Å²) < 4.78 is 12.8. The van der Waals surface area contributed by atoms with Gasteiger partial charge in [0.05, 0.1) is 18.4 Å². The van der Waals surface area contributed by atoms with Crippen LogP contribution >= 0.6 is 11.3 Å². The summed E-state index contributed by atoms with van der Waals surface area (Å²) in [4.78, 5) is 28.5. The molecule has 0 aliphatic heterocycles. The van der Waals surface area contributed by atoms with Crippen LogP contribution in [0, 0.1) is 13.8 Å². The second kappa shape index (κ2) is 9.80. The first-order valence-corrected chi connectivity index (χ1v) is 11.4. The highest BCUT2D eigenvalue weighted by atomic mass is 32.1. The largest absolute Gasteiger partial charge is 0.497 e. The van der Waals surface area contributed by atoms with E-state index in [2.05, 4.69) is 20.9 Å². The van der Waals surface area contributed by atoms with Crippen LogP contribution in [0.4, 0.5) is 5.13 Å². The minimum absolute atomic E-state index is 0.276. The molecule has 4 aromatic rings. The molecule has 2 aromatic heterocycles. The Morgan fingerprint density at radius 1 is 1.12 bits per heavy atom. The van der Waals surface area contributed by atoms with Crippen LogP contribution in [0.3, 0.4) is 0 Å². The van der Waals surface area contributed by atoms with Gasteiger partial charge in [-0.25, -0.2) is 4.98 Å².